The summed E-state index contributed by atoms with van der Waals surface area (Å²) in [6, 6.07) is 1.89. The number of fused-ring (bicyclic) bond motifs is 1. The molecule has 1 aliphatic rings. The van der Waals surface area contributed by atoms with Crippen molar-refractivity contribution in [3.8, 4) is 0 Å². The van der Waals surface area contributed by atoms with Crippen LogP contribution < -0.4 is 11.2 Å². The van der Waals surface area contributed by atoms with Gasteiger partial charge in [0.2, 0.25) is 5.91 Å². The Bertz CT molecular complexity index is 766. The van der Waals surface area contributed by atoms with Gasteiger partial charge in [-0.1, -0.05) is 0 Å². The van der Waals surface area contributed by atoms with E-state index in [9.17, 15) is 4.79 Å². The van der Waals surface area contributed by atoms with E-state index in [1.807, 2.05) is 51.6 Å². The van der Waals surface area contributed by atoms with Crippen LogP contribution in [0.15, 0.2) is 18.5 Å². The van der Waals surface area contributed by atoms with Gasteiger partial charge in [-0.3, -0.25) is 9.78 Å². The summed E-state index contributed by atoms with van der Waals surface area (Å²) in [4.78, 5) is 15.5. The Labute approximate surface area is 136 Å². The molecule has 0 bridgehead atoms. The van der Waals surface area contributed by atoms with Gasteiger partial charge in [0.1, 0.15) is 0 Å². The van der Waals surface area contributed by atoms with E-state index in [0.29, 0.717) is 5.69 Å². The minimum absolute atomic E-state index is 0.119. The molecule has 0 aliphatic carbocycles. The molecular formula is C16H22BN3O3. The largest absolute Gasteiger partial charge is 0.497 e. The maximum atomic E-state index is 11.1. The van der Waals surface area contributed by atoms with Crippen LogP contribution in [-0.4, -0.2) is 33.8 Å². The number of primary amides is 1. The fourth-order valence-electron chi connectivity index (χ4n) is 2.78. The van der Waals surface area contributed by atoms with Gasteiger partial charge in [0, 0.05) is 24.1 Å². The second kappa shape index (κ2) is 5.07. The monoisotopic (exact) mass is 315 g/mol. The van der Waals surface area contributed by atoms with E-state index in [4.69, 9.17) is 15.0 Å². The number of amides is 1. The van der Waals surface area contributed by atoms with E-state index in [-0.39, 0.29) is 6.42 Å². The minimum atomic E-state index is -0.451. The summed E-state index contributed by atoms with van der Waals surface area (Å²) in [5, 5.41) is 0.970. The van der Waals surface area contributed by atoms with Crippen LogP contribution in [0.2, 0.25) is 0 Å². The Morgan fingerprint density at radius 3 is 2.48 bits per heavy atom. The SMILES string of the molecule is Cn1cc(B2OC(C)(C)C(C)(C)O2)c2cc(CC(N)=O)ncc21. The van der Waals surface area contributed by atoms with Gasteiger partial charge in [-0.25, -0.2) is 0 Å². The highest BCUT2D eigenvalue weighted by Crippen LogP contribution is 2.37. The highest BCUT2D eigenvalue weighted by Gasteiger charge is 2.52. The van der Waals surface area contributed by atoms with Crippen LogP contribution in [0.4, 0.5) is 0 Å². The highest BCUT2D eigenvalue weighted by atomic mass is 16.7. The average molecular weight is 315 g/mol. The van der Waals surface area contributed by atoms with Gasteiger partial charge in [-0.2, -0.15) is 0 Å². The predicted molar refractivity (Wildman–Crippen MR) is 89.3 cm³/mol. The number of hydrogen-bond donors (Lipinski definition) is 1. The fourth-order valence-corrected chi connectivity index (χ4v) is 2.78. The summed E-state index contributed by atoms with van der Waals surface area (Å²) in [6.45, 7) is 8.10. The van der Waals surface area contributed by atoms with Crippen molar-refractivity contribution in [1.82, 2.24) is 9.55 Å². The number of nitrogens with zero attached hydrogens (tertiary/aromatic N) is 2. The smallest absolute Gasteiger partial charge is 0.399 e. The molecule has 122 valence electrons. The Balaban J connectivity index is 2.06. The molecule has 0 radical (unpaired) electrons. The van der Waals surface area contributed by atoms with E-state index in [1.165, 1.54) is 0 Å². The lowest BCUT2D eigenvalue weighted by Gasteiger charge is -2.32. The van der Waals surface area contributed by atoms with Crippen molar-refractivity contribution in [2.24, 2.45) is 12.8 Å². The Morgan fingerprint density at radius 1 is 1.30 bits per heavy atom. The third kappa shape index (κ3) is 2.64. The van der Waals surface area contributed by atoms with Crippen LogP contribution in [-0.2, 0) is 27.6 Å². The van der Waals surface area contributed by atoms with E-state index in [0.717, 1.165) is 16.4 Å². The van der Waals surface area contributed by atoms with Crippen molar-refractivity contribution < 1.29 is 14.1 Å². The van der Waals surface area contributed by atoms with Crippen molar-refractivity contribution in [2.75, 3.05) is 0 Å². The molecule has 23 heavy (non-hydrogen) atoms. The van der Waals surface area contributed by atoms with Crippen LogP contribution in [0, 0.1) is 0 Å². The van der Waals surface area contributed by atoms with E-state index >= 15 is 0 Å². The summed E-state index contributed by atoms with van der Waals surface area (Å²) in [5.74, 6) is -0.398. The number of carbonyl (C=O) groups excluding carboxylic acids is 1. The summed E-state index contributed by atoms with van der Waals surface area (Å²) >= 11 is 0. The van der Waals surface area contributed by atoms with Gasteiger partial charge in [-0.15, -0.1) is 0 Å². The number of carbonyl (C=O) groups is 1. The molecule has 1 fully saturated rings. The first-order valence-electron chi connectivity index (χ1n) is 7.68. The molecule has 7 heteroatoms. The fraction of sp³-hybridized carbons (Fsp3) is 0.500. The molecule has 2 N–H and O–H groups in total. The topological polar surface area (TPSA) is 79.4 Å². The average Bonchev–Trinajstić information content (AvgIpc) is 2.83. The van der Waals surface area contributed by atoms with Crippen LogP contribution in [0.1, 0.15) is 33.4 Å². The maximum Gasteiger partial charge on any atom is 0.497 e. The first kappa shape index (κ1) is 16.0. The zero-order valence-corrected chi connectivity index (χ0v) is 14.2. The summed E-state index contributed by atoms with van der Waals surface area (Å²) in [5.41, 5.74) is 7.02. The highest BCUT2D eigenvalue weighted by molar-refractivity contribution is 6.65. The summed E-state index contributed by atoms with van der Waals surface area (Å²) in [7, 11) is 1.50. The lowest BCUT2D eigenvalue weighted by Crippen LogP contribution is -2.41. The van der Waals surface area contributed by atoms with Crippen LogP contribution >= 0.6 is 0 Å². The molecule has 3 rings (SSSR count). The lowest BCUT2D eigenvalue weighted by atomic mass is 9.79. The molecule has 2 aromatic heterocycles. The lowest BCUT2D eigenvalue weighted by molar-refractivity contribution is -0.117. The number of nitrogens with two attached hydrogens (primary N) is 1. The minimum Gasteiger partial charge on any atom is -0.399 e. The van der Waals surface area contributed by atoms with E-state index < -0.39 is 24.2 Å². The van der Waals surface area contributed by atoms with Crippen molar-refractivity contribution >= 4 is 29.4 Å². The molecule has 1 saturated heterocycles. The molecule has 0 spiro atoms. The quantitative estimate of drug-likeness (QED) is 0.854. The van der Waals surface area contributed by atoms with Gasteiger partial charge >= 0.3 is 7.12 Å². The molecule has 3 heterocycles. The molecule has 0 aromatic carbocycles. The predicted octanol–water partition coefficient (Wildman–Crippen LogP) is 0.900. The van der Waals surface area contributed by atoms with Gasteiger partial charge in [-0.05, 0) is 33.8 Å². The first-order chi connectivity index (χ1) is 10.6. The molecule has 6 nitrogen and oxygen atoms in total. The zero-order chi connectivity index (χ0) is 17.0. The van der Waals surface area contributed by atoms with Crippen molar-refractivity contribution in [1.29, 1.82) is 0 Å². The standard InChI is InChI=1S/C16H22BN3O3/c1-15(2)16(3,4)23-17(22-15)12-9-20(5)13-8-19-10(6-11(12)13)7-14(18)21/h6,8-9H,7H2,1-5H3,(H2,18,21). The number of aromatic nitrogens is 2. The number of hydrogen-bond acceptors (Lipinski definition) is 4. The molecular weight excluding hydrogens is 293 g/mol. The Hall–Kier alpha value is -1.86. The molecule has 0 saturated carbocycles. The molecule has 1 aliphatic heterocycles. The Kier molecular flexibility index (Phi) is 3.53. The van der Waals surface area contributed by atoms with Gasteiger partial charge < -0.3 is 19.6 Å². The second-order valence-corrected chi connectivity index (χ2v) is 7.12. The molecule has 0 atom stereocenters. The van der Waals surface area contributed by atoms with Crippen LogP contribution in [0.25, 0.3) is 10.9 Å². The number of pyridine rings is 1. The van der Waals surface area contributed by atoms with Crippen LogP contribution in [0.5, 0.6) is 0 Å². The molecule has 1 amide bonds. The van der Waals surface area contributed by atoms with Crippen molar-refractivity contribution in [3.63, 3.8) is 0 Å². The number of aryl methyl sites for hydroxylation is 1. The van der Waals surface area contributed by atoms with E-state index in [1.54, 1.807) is 6.20 Å². The number of rotatable bonds is 3. The third-order valence-electron chi connectivity index (χ3n) is 4.83. The van der Waals surface area contributed by atoms with Crippen molar-refractivity contribution in [2.45, 2.75) is 45.3 Å². The Morgan fingerprint density at radius 2 is 1.91 bits per heavy atom. The van der Waals surface area contributed by atoms with Crippen LogP contribution in [0.3, 0.4) is 0 Å². The first-order valence-corrected chi connectivity index (χ1v) is 7.68. The van der Waals surface area contributed by atoms with Gasteiger partial charge in [0.05, 0.1) is 35.0 Å². The summed E-state index contributed by atoms with van der Waals surface area (Å²) in [6.07, 6.45) is 3.86. The zero-order valence-electron chi connectivity index (χ0n) is 14.2. The van der Waals surface area contributed by atoms with Crippen molar-refractivity contribution in [3.05, 3.63) is 24.2 Å². The maximum absolute atomic E-state index is 11.1. The normalized spacial score (nSPS) is 19.4. The second-order valence-electron chi connectivity index (χ2n) is 7.12. The third-order valence-corrected chi connectivity index (χ3v) is 4.83. The van der Waals surface area contributed by atoms with Gasteiger partial charge in [0.25, 0.3) is 0 Å². The molecule has 0 unspecified atom stereocenters. The summed E-state index contributed by atoms with van der Waals surface area (Å²) < 4.78 is 14.3. The van der Waals surface area contributed by atoms with E-state index in [2.05, 4.69) is 4.98 Å². The van der Waals surface area contributed by atoms with Gasteiger partial charge in [0.15, 0.2) is 0 Å². The molecule has 2 aromatic rings.